The van der Waals surface area contributed by atoms with Crippen molar-refractivity contribution in [3.8, 4) is 0 Å². The summed E-state index contributed by atoms with van der Waals surface area (Å²) in [5, 5.41) is 3.43. The molecular formula is C24H20O3. The Morgan fingerprint density at radius 1 is 0.741 bits per heavy atom. The molecule has 2 aliphatic rings. The van der Waals surface area contributed by atoms with Gasteiger partial charge < -0.3 is 13.3 Å². The average molecular weight is 356 g/mol. The van der Waals surface area contributed by atoms with Gasteiger partial charge in [0.1, 0.15) is 36.4 Å². The van der Waals surface area contributed by atoms with E-state index in [0.29, 0.717) is 0 Å². The van der Waals surface area contributed by atoms with Crippen molar-refractivity contribution >= 4 is 27.3 Å². The van der Waals surface area contributed by atoms with E-state index in [0.717, 1.165) is 53.4 Å². The summed E-state index contributed by atoms with van der Waals surface area (Å²) in [6.45, 7) is 0. The van der Waals surface area contributed by atoms with Gasteiger partial charge in [0.2, 0.25) is 0 Å². The number of allylic oxidation sites excluding steroid dienone is 4. The van der Waals surface area contributed by atoms with Crippen molar-refractivity contribution in [1.29, 1.82) is 0 Å². The van der Waals surface area contributed by atoms with Gasteiger partial charge in [0, 0.05) is 17.4 Å². The van der Waals surface area contributed by atoms with E-state index in [9.17, 15) is 0 Å². The lowest BCUT2D eigenvalue weighted by Crippen LogP contribution is -2.07. The Kier molecular flexibility index (Phi) is 4.06. The molecule has 0 atom stereocenters. The van der Waals surface area contributed by atoms with Crippen molar-refractivity contribution < 1.29 is 13.3 Å². The number of benzene rings is 2. The first kappa shape index (κ1) is 16.0. The molecule has 5 rings (SSSR count). The lowest BCUT2D eigenvalue weighted by Gasteiger charge is -2.24. The van der Waals surface area contributed by atoms with Crippen LogP contribution in [0.3, 0.4) is 0 Å². The molecule has 0 N–H and O–H groups in total. The second kappa shape index (κ2) is 6.84. The minimum Gasteiger partial charge on any atom is -0.466 e. The largest absolute Gasteiger partial charge is 0.466 e. The SMILES string of the molecule is C1=C2CCc3occoccoc4ccc5ccccc5c4c3C2=CCC1. The van der Waals surface area contributed by atoms with Crippen LogP contribution in [0.2, 0.25) is 0 Å². The van der Waals surface area contributed by atoms with Gasteiger partial charge in [0.05, 0.1) is 0 Å². The van der Waals surface area contributed by atoms with Gasteiger partial charge >= 0.3 is 0 Å². The van der Waals surface area contributed by atoms with Crippen LogP contribution >= 0.6 is 0 Å². The van der Waals surface area contributed by atoms with Crippen molar-refractivity contribution in [1.82, 2.24) is 0 Å². The molecule has 1 heterocycles. The molecule has 2 aromatic carbocycles. The first-order valence-corrected chi connectivity index (χ1v) is 9.36. The maximum atomic E-state index is 6.05. The van der Waals surface area contributed by atoms with Gasteiger partial charge in [-0.1, -0.05) is 42.5 Å². The van der Waals surface area contributed by atoms with Crippen LogP contribution in [0.1, 0.15) is 30.6 Å². The predicted molar refractivity (Wildman–Crippen MR) is 107 cm³/mol. The summed E-state index contributed by atoms with van der Waals surface area (Å²) in [6, 6.07) is 12.5. The molecule has 0 unspecified atom stereocenters. The Labute approximate surface area is 157 Å². The zero-order valence-electron chi connectivity index (χ0n) is 15.0. The number of aryl methyl sites for hydroxylation is 1. The number of hydrogen-bond acceptors (Lipinski definition) is 3. The Balaban J connectivity index is 2.04. The predicted octanol–water partition coefficient (Wildman–Crippen LogP) is 7.07. The second-order valence-electron chi connectivity index (χ2n) is 6.80. The van der Waals surface area contributed by atoms with Crippen LogP contribution in [0.15, 0.2) is 92.4 Å². The van der Waals surface area contributed by atoms with E-state index < -0.39 is 0 Å². The Hall–Kier alpha value is -3.20. The monoisotopic (exact) mass is 356 g/mol. The fraction of sp³-hybridized carbons (Fsp3) is 0.167. The number of fused-ring (bicyclic) bond motifs is 7. The molecule has 27 heavy (non-hydrogen) atoms. The minimum absolute atomic E-state index is 0.805. The first-order valence-electron chi connectivity index (χ1n) is 9.36. The van der Waals surface area contributed by atoms with Crippen LogP contribution in [-0.4, -0.2) is 0 Å². The summed E-state index contributed by atoms with van der Waals surface area (Å²) < 4.78 is 17.3. The zero-order chi connectivity index (χ0) is 18.1. The maximum Gasteiger partial charge on any atom is 0.135 e. The first-order chi connectivity index (χ1) is 13.4. The van der Waals surface area contributed by atoms with E-state index in [1.54, 1.807) is 12.5 Å². The fourth-order valence-corrected chi connectivity index (χ4v) is 4.07. The maximum absolute atomic E-state index is 6.05. The summed E-state index contributed by atoms with van der Waals surface area (Å²) in [7, 11) is 0. The van der Waals surface area contributed by atoms with Crippen LogP contribution in [0.5, 0.6) is 0 Å². The van der Waals surface area contributed by atoms with Crippen LogP contribution in [0, 0.1) is 0 Å². The molecule has 0 saturated carbocycles. The second-order valence-corrected chi connectivity index (χ2v) is 6.80. The lowest BCUT2D eigenvalue weighted by atomic mass is 9.81. The van der Waals surface area contributed by atoms with E-state index in [2.05, 4.69) is 42.5 Å². The molecule has 134 valence electrons. The molecule has 0 amide bonds. The van der Waals surface area contributed by atoms with E-state index in [1.165, 1.54) is 29.1 Å². The normalized spacial score (nSPS) is 15.3. The molecule has 0 bridgehead atoms. The Morgan fingerprint density at radius 2 is 1.59 bits per heavy atom. The van der Waals surface area contributed by atoms with Gasteiger partial charge in [0.25, 0.3) is 0 Å². The van der Waals surface area contributed by atoms with Crippen LogP contribution in [0.25, 0.3) is 27.3 Å². The Bertz CT molecular complexity index is 1180. The summed E-state index contributed by atoms with van der Waals surface area (Å²) in [4.78, 5) is 0. The van der Waals surface area contributed by atoms with Gasteiger partial charge in [-0.15, -0.1) is 0 Å². The molecule has 0 fully saturated rings. The molecule has 0 spiro atoms. The van der Waals surface area contributed by atoms with Gasteiger partial charge in [-0.2, -0.15) is 0 Å². The molecular weight excluding hydrogens is 336 g/mol. The summed E-state index contributed by atoms with van der Waals surface area (Å²) >= 11 is 0. The minimum atomic E-state index is 0.805. The van der Waals surface area contributed by atoms with Gasteiger partial charge in [-0.25, -0.2) is 0 Å². The van der Waals surface area contributed by atoms with Crippen LogP contribution < -0.4 is 0 Å². The van der Waals surface area contributed by atoms with E-state index in [1.807, 2.05) is 6.07 Å². The third-order valence-electron chi connectivity index (χ3n) is 5.24. The van der Waals surface area contributed by atoms with Crippen molar-refractivity contribution in [3.05, 3.63) is 90.5 Å². The molecule has 0 aliphatic heterocycles. The van der Waals surface area contributed by atoms with Crippen molar-refractivity contribution in [2.75, 3.05) is 0 Å². The highest BCUT2D eigenvalue weighted by Gasteiger charge is 2.24. The van der Waals surface area contributed by atoms with Crippen LogP contribution in [-0.2, 0) is 6.42 Å². The molecule has 1 aromatic heterocycles. The number of rotatable bonds is 0. The third-order valence-corrected chi connectivity index (χ3v) is 5.24. The van der Waals surface area contributed by atoms with Crippen molar-refractivity contribution in [2.24, 2.45) is 0 Å². The van der Waals surface area contributed by atoms with E-state index in [4.69, 9.17) is 13.3 Å². The summed E-state index contributed by atoms with van der Waals surface area (Å²) in [5.41, 5.74) is 4.63. The van der Waals surface area contributed by atoms with Crippen molar-refractivity contribution in [2.45, 2.75) is 25.7 Å². The molecule has 3 nitrogen and oxygen atoms in total. The standard InChI is InChI=1S/C24H20O3/c1-3-7-19-17(5-1)9-11-21-23(19)24-20-8-4-2-6-18(20)10-12-22(24)27-16-14-25-13-15-26-21/h1,3,5-9,11,13-16H,2,4,10,12H2. The third kappa shape index (κ3) is 2.85. The molecule has 0 saturated heterocycles. The topological polar surface area (TPSA) is 39.4 Å². The average Bonchev–Trinajstić information content (AvgIpc) is 2.76. The quantitative estimate of drug-likeness (QED) is 0.432. The van der Waals surface area contributed by atoms with E-state index in [-0.39, 0.29) is 0 Å². The molecule has 0 radical (unpaired) electrons. The molecule has 3 heteroatoms. The van der Waals surface area contributed by atoms with Gasteiger partial charge in [-0.3, -0.25) is 0 Å². The highest BCUT2D eigenvalue weighted by atomic mass is 16.4. The fourth-order valence-electron chi connectivity index (χ4n) is 4.07. The molecule has 3 aromatic rings. The summed E-state index contributed by atoms with van der Waals surface area (Å²) in [6.07, 6.45) is 14.9. The molecule has 2 aliphatic carbocycles. The number of hydrogen-bond donors (Lipinski definition) is 0. The highest BCUT2D eigenvalue weighted by Crippen LogP contribution is 2.42. The van der Waals surface area contributed by atoms with E-state index >= 15 is 0 Å². The highest BCUT2D eigenvalue weighted by molar-refractivity contribution is 6.12. The summed E-state index contributed by atoms with van der Waals surface area (Å²) in [5.74, 6) is 0.961. The smallest absolute Gasteiger partial charge is 0.135 e. The Morgan fingerprint density at radius 3 is 2.56 bits per heavy atom. The van der Waals surface area contributed by atoms with Crippen molar-refractivity contribution in [3.63, 3.8) is 0 Å². The van der Waals surface area contributed by atoms with Gasteiger partial charge in [-0.05, 0) is 47.2 Å². The lowest BCUT2D eigenvalue weighted by molar-refractivity contribution is 0.457. The van der Waals surface area contributed by atoms with Crippen LogP contribution in [0.4, 0.5) is 0 Å². The zero-order valence-corrected chi connectivity index (χ0v) is 15.0. The van der Waals surface area contributed by atoms with Gasteiger partial charge in [0.15, 0.2) is 0 Å².